The summed E-state index contributed by atoms with van der Waals surface area (Å²) in [7, 11) is -2.68. The van der Waals surface area contributed by atoms with Crippen molar-refractivity contribution >= 4 is 21.8 Å². The van der Waals surface area contributed by atoms with Crippen molar-refractivity contribution in [3.63, 3.8) is 0 Å². The number of nitrogens with zero attached hydrogens (tertiary/aromatic N) is 2. The van der Waals surface area contributed by atoms with Crippen molar-refractivity contribution < 1.29 is 32.7 Å². The van der Waals surface area contributed by atoms with Gasteiger partial charge in [-0.2, -0.15) is 4.31 Å². The largest absolute Gasteiger partial charge is 0.497 e. The fourth-order valence-corrected chi connectivity index (χ4v) is 5.02. The Morgan fingerprint density at radius 3 is 2.33 bits per heavy atom. The molecule has 1 aliphatic heterocycles. The average Bonchev–Trinajstić information content (AvgIpc) is 2.76. The van der Waals surface area contributed by atoms with Gasteiger partial charge in [0.2, 0.25) is 15.9 Å². The predicted octanol–water partition coefficient (Wildman–Crippen LogP) is 0.465. The molecule has 1 heterocycles. The Labute approximate surface area is 176 Å². The fraction of sp³-hybridized carbons (Fsp3) is 0.579. The highest BCUT2D eigenvalue weighted by molar-refractivity contribution is 7.89. The van der Waals surface area contributed by atoms with Crippen LogP contribution in [0.1, 0.15) is 20.3 Å². The highest BCUT2D eigenvalue weighted by Gasteiger charge is 2.38. The molecule has 11 heteroatoms. The second kappa shape index (κ2) is 10.7. The summed E-state index contributed by atoms with van der Waals surface area (Å²) in [6.07, 6.45) is -0.0999. The molecule has 2 amide bonds. The minimum absolute atomic E-state index is 0.0430. The maximum atomic E-state index is 13.4. The van der Waals surface area contributed by atoms with Crippen LogP contribution < -0.4 is 10.2 Å². The van der Waals surface area contributed by atoms with E-state index in [1.165, 1.54) is 31.4 Å². The van der Waals surface area contributed by atoms with E-state index in [-0.39, 0.29) is 23.8 Å². The molecule has 1 aliphatic rings. The topological polar surface area (TPSA) is 125 Å². The maximum absolute atomic E-state index is 13.4. The lowest BCUT2D eigenvalue weighted by Crippen LogP contribution is -2.52. The summed E-state index contributed by atoms with van der Waals surface area (Å²) in [4.78, 5) is 26.5. The Morgan fingerprint density at radius 1 is 1.23 bits per heavy atom. The van der Waals surface area contributed by atoms with E-state index in [1.807, 2.05) is 0 Å². The third-order valence-corrected chi connectivity index (χ3v) is 6.79. The van der Waals surface area contributed by atoms with Crippen LogP contribution in [0, 0.1) is 5.92 Å². The molecule has 2 rings (SSSR count). The molecular formula is C19H29N3O7S. The van der Waals surface area contributed by atoms with Crippen molar-refractivity contribution in [2.45, 2.75) is 31.2 Å². The normalized spacial score (nSPS) is 15.9. The van der Waals surface area contributed by atoms with Gasteiger partial charge in [-0.15, -0.1) is 0 Å². The number of amides is 2. The Balaban J connectivity index is 2.33. The molecule has 2 N–H and O–H groups in total. The summed E-state index contributed by atoms with van der Waals surface area (Å²) in [6.45, 7) is 4.87. The molecule has 0 spiro atoms. The van der Waals surface area contributed by atoms with Gasteiger partial charge in [-0.1, -0.05) is 13.8 Å². The Kier molecular flexibility index (Phi) is 8.59. The second-order valence-corrected chi connectivity index (χ2v) is 9.09. The number of rotatable bonds is 9. The van der Waals surface area contributed by atoms with E-state index in [2.05, 4.69) is 0 Å². The number of hydroxylamine groups is 1. The summed E-state index contributed by atoms with van der Waals surface area (Å²) < 4.78 is 38.0. The van der Waals surface area contributed by atoms with Crippen LogP contribution in [0.5, 0.6) is 5.75 Å². The number of carbonyl (C=O) groups excluding carboxylic acids is 2. The molecule has 1 fully saturated rings. The number of nitrogens with one attached hydrogen (secondary N) is 1. The maximum Gasteiger partial charge on any atom is 0.262 e. The summed E-state index contributed by atoms with van der Waals surface area (Å²) in [5, 5.41) is 9.16. The molecular weight excluding hydrogens is 414 g/mol. The molecule has 30 heavy (non-hydrogen) atoms. The number of carbonyl (C=O) groups is 2. The molecule has 1 saturated heterocycles. The van der Waals surface area contributed by atoms with Crippen molar-refractivity contribution in [3.8, 4) is 5.75 Å². The number of sulfonamides is 1. The number of ether oxygens (including phenoxy) is 2. The van der Waals surface area contributed by atoms with Crippen LogP contribution in [0.4, 0.5) is 0 Å². The van der Waals surface area contributed by atoms with Crippen LogP contribution in [-0.4, -0.2) is 80.6 Å². The molecule has 0 bridgehead atoms. The van der Waals surface area contributed by atoms with Gasteiger partial charge in [0.1, 0.15) is 11.8 Å². The second-order valence-electron chi connectivity index (χ2n) is 7.20. The van der Waals surface area contributed by atoms with E-state index >= 15 is 0 Å². The van der Waals surface area contributed by atoms with Gasteiger partial charge in [0.05, 0.1) is 25.2 Å². The van der Waals surface area contributed by atoms with Crippen molar-refractivity contribution in [1.29, 1.82) is 0 Å². The first-order valence-corrected chi connectivity index (χ1v) is 11.1. The van der Waals surface area contributed by atoms with Crippen LogP contribution >= 0.6 is 0 Å². The van der Waals surface area contributed by atoms with Crippen LogP contribution in [0.2, 0.25) is 0 Å². The van der Waals surface area contributed by atoms with E-state index in [0.29, 0.717) is 32.1 Å². The molecule has 10 nitrogen and oxygen atoms in total. The van der Waals surface area contributed by atoms with Gasteiger partial charge in [0, 0.05) is 26.1 Å². The summed E-state index contributed by atoms with van der Waals surface area (Å²) in [6, 6.07) is 4.55. The third kappa shape index (κ3) is 5.69. The number of hydrogen-bond donors (Lipinski definition) is 2. The number of hydrogen-bond acceptors (Lipinski definition) is 7. The zero-order valence-electron chi connectivity index (χ0n) is 17.4. The van der Waals surface area contributed by atoms with Gasteiger partial charge in [0.15, 0.2) is 0 Å². The Bertz CT molecular complexity index is 821. The third-order valence-electron chi connectivity index (χ3n) is 4.90. The standard InChI is InChI=1S/C19H29N3O7S/c1-14(2)18(19(24)20-25)22(9-8-17(23)21-10-12-29-13-11-21)30(26,27)16-6-4-15(28-3)5-7-16/h4-7,14,18,25H,8-13H2,1-3H3,(H,20,24)/t18-/m1/s1. The van der Waals surface area contributed by atoms with Crippen molar-refractivity contribution in [2.75, 3.05) is 40.0 Å². The number of morpholine rings is 1. The Hall–Kier alpha value is -2.21. The smallest absolute Gasteiger partial charge is 0.262 e. The van der Waals surface area contributed by atoms with Crippen LogP contribution in [0.15, 0.2) is 29.2 Å². The number of methoxy groups -OCH3 is 1. The molecule has 0 saturated carbocycles. The zero-order valence-corrected chi connectivity index (χ0v) is 18.2. The number of benzene rings is 1. The lowest BCUT2D eigenvalue weighted by Gasteiger charge is -2.33. The van der Waals surface area contributed by atoms with Crippen LogP contribution in [-0.2, 0) is 24.3 Å². The lowest BCUT2D eigenvalue weighted by molar-refractivity contribution is -0.137. The van der Waals surface area contributed by atoms with Gasteiger partial charge in [-0.25, -0.2) is 13.9 Å². The summed E-state index contributed by atoms with van der Waals surface area (Å²) in [5.41, 5.74) is 1.54. The minimum Gasteiger partial charge on any atom is -0.497 e. The van der Waals surface area contributed by atoms with Gasteiger partial charge in [-0.3, -0.25) is 14.8 Å². The average molecular weight is 444 g/mol. The van der Waals surface area contributed by atoms with E-state index in [1.54, 1.807) is 24.2 Å². The molecule has 0 unspecified atom stereocenters. The Morgan fingerprint density at radius 2 is 1.83 bits per heavy atom. The lowest BCUT2D eigenvalue weighted by atomic mass is 10.0. The van der Waals surface area contributed by atoms with E-state index in [9.17, 15) is 18.0 Å². The molecule has 0 aliphatic carbocycles. The van der Waals surface area contributed by atoms with Crippen LogP contribution in [0.25, 0.3) is 0 Å². The SMILES string of the molecule is COc1ccc(S(=O)(=O)N(CCC(=O)N2CCOCC2)[C@@H](C(=O)NO)C(C)C)cc1. The first kappa shape index (κ1) is 24.1. The van der Waals surface area contributed by atoms with E-state index in [0.717, 1.165) is 4.31 Å². The van der Waals surface area contributed by atoms with Gasteiger partial charge in [0.25, 0.3) is 5.91 Å². The molecule has 1 aromatic rings. The molecule has 0 radical (unpaired) electrons. The van der Waals surface area contributed by atoms with Gasteiger partial charge < -0.3 is 14.4 Å². The first-order valence-electron chi connectivity index (χ1n) is 9.67. The zero-order chi connectivity index (χ0) is 22.3. The molecule has 168 valence electrons. The fourth-order valence-electron chi connectivity index (χ4n) is 3.30. The quantitative estimate of drug-likeness (QED) is 0.420. The van der Waals surface area contributed by atoms with Crippen molar-refractivity contribution in [2.24, 2.45) is 5.92 Å². The van der Waals surface area contributed by atoms with E-state index < -0.39 is 27.9 Å². The van der Waals surface area contributed by atoms with Crippen LogP contribution in [0.3, 0.4) is 0 Å². The monoisotopic (exact) mass is 443 g/mol. The predicted molar refractivity (Wildman–Crippen MR) is 107 cm³/mol. The minimum atomic E-state index is -4.14. The van der Waals surface area contributed by atoms with Gasteiger partial charge >= 0.3 is 0 Å². The first-order chi connectivity index (χ1) is 14.2. The molecule has 1 atom stereocenters. The highest BCUT2D eigenvalue weighted by Crippen LogP contribution is 2.25. The van der Waals surface area contributed by atoms with Crippen molar-refractivity contribution in [3.05, 3.63) is 24.3 Å². The summed E-state index contributed by atoms with van der Waals surface area (Å²) in [5.74, 6) is -1.05. The van der Waals surface area contributed by atoms with Crippen molar-refractivity contribution in [1.82, 2.24) is 14.7 Å². The van der Waals surface area contributed by atoms with Gasteiger partial charge in [-0.05, 0) is 30.2 Å². The van der Waals surface area contributed by atoms with E-state index in [4.69, 9.17) is 14.7 Å². The highest BCUT2D eigenvalue weighted by atomic mass is 32.2. The molecule has 0 aromatic heterocycles. The molecule has 1 aromatic carbocycles. The summed E-state index contributed by atoms with van der Waals surface area (Å²) >= 11 is 0.